The second kappa shape index (κ2) is 5.76. The zero-order valence-corrected chi connectivity index (χ0v) is 13.0. The molecule has 0 aliphatic heterocycles. The maximum Gasteiger partial charge on any atom is 0.227 e. The van der Waals surface area contributed by atoms with E-state index in [1.165, 1.54) is 5.56 Å². The number of fused-ring (bicyclic) bond motifs is 1. The first-order chi connectivity index (χ1) is 11.3. The third-order valence-corrected chi connectivity index (χ3v) is 4.04. The summed E-state index contributed by atoms with van der Waals surface area (Å²) in [6.45, 7) is 2.10. The summed E-state index contributed by atoms with van der Waals surface area (Å²) in [6.07, 6.45) is 8.79. The van der Waals surface area contributed by atoms with Gasteiger partial charge in [0.15, 0.2) is 5.58 Å². The minimum absolute atomic E-state index is 0.664. The van der Waals surface area contributed by atoms with Gasteiger partial charge in [-0.2, -0.15) is 0 Å². The number of rotatable bonds is 3. The van der Waals surface area contributed by atoms with Crippen molar-refractivity contribution in [2.45, 2.75) is 19.8 Å². The van der Waals surface area contributed by atoms with Crippen molar-refractivity contribution < 1.29 is 4.42 Å². The monoisotopic (exact) mass is 302 g/mol. The van der Waals surface area contributed by atoms with Crippen molar-refractivity contribution >= 4 is 16.8 Å². The summed E-state index contributed by atoms with van der Waals surface area (Å²) in [4.78, 5) is 4.56. The van der Waals surface area contributed by atoms with E-state index in [9.17, 15) is 0 Å². The zero-order chi connectivity index (χ0) is 15.6. The van der Waals surface area contributed by atoms with E-state index in [0.717, 1.165) is 40.9 Å². The summed E-state index contributed by atoms with van der Waals surface area (Å²) < 4.78 is 5.84. The molecular formula is C20H18N2O. The molecule has 1 N–H and O–H groups in total. The van der Waals surface area contributed by atoms with E-state index in [2.05, 4.69) is 47.6 Å². The zero-order valence-electron chi connectivity index (χ0n) is 13.0. The molecule has 0 bridgehead atoms. The number of allylic oxidation sites excluding steroid dienone is 3. The van der Waals surface area contributed by atoms with E-state index in [4.69, 9.17) is 4.42 Å². The van der Waals surface area contributed by atoms with Gasteiger partial charge in [-0.1, -0.05) is 24.3 Å². The molecule has 0 atom stereocenters. The Hall–Kier alpha value is -2.81. The third kappa shape index (κ3) is 2.78. The van der Waals surface area contributed by atoms with Gasteiger partial charge < -0.3 is 9.73 Å². The summed E-state index contributed by atoms with van der Waals surface area (Å²) in [5, 5.41) is 3.48. The standard InChI is InChI=1S/C20H18N2O/c1-14-13-15(20-22-18-9-5-6-10-19(18)23-20)11-12-17(14)21-16-7-3-2-4-8-16/h3,5-13,21H,2,4H2,1H3. The summed E-state index contributed by atoms with van der Waals surface area (Å²) >= 11 is 0. The van der Waals surface area contributed by atoms with Gasteiger partial charge in [-0.05, 0) is 61.7 Å². The first-order valence-electron chi connectivity index (χ1n) is 7.90. The first-order valence-corrected chi connectivity index (χ1v) is 7.90. The fourth-order valence-electron chi connectivity index (χ4n) is 2.79. The molecule has 1 aliphatic rings. The summed E-state index contributed by atoms with van der Waals surface area (Å²) in [5.41, 5.74) is 6.15. The van der Waals surface area contributed by atoms with Crippen molar-refractivity contribution in [3.8, 4) is 11.5 Å². The van der Waals surface area contributed by atoms with Crippen LogP contribution in [-0.2, 0) is 0 Å². The number of hydrogen-bond acceptors (Lipinski definition) is 3. The number of nitrogens with one attached hydrogen (secondary N) is 1. The Morgan fingerprint density at radius 3 is 2.78 bits per heavy atom. The lowest BCUT2D eigenvalue weighted by molar-refractivity contribution is 0.620. The van der Waals surface area contributed by atoms with Crippen LogP contribution in [0.3, 0.4) is 0 Å². The van der Waals surface area contributed by atoms with Crippen LogP contribution >= 0.6 is 0 Å². The highest BCUT2D eigenvalue weighted by Gasteiger charge is 2.09. The Morgan fingerprint density at radius 1 is 1.09 bits per heavy atom. The van der Waals surface area contributed by atoms with Gasteiger partial charge in [-0.15, -0.1) is 0 Å². The molecule has 0 saturated heterocycles. The summed E-state index contributed by atoms with van der Waals surface area (Å²) in [6, 6.07) is 14.1. The molecule has 3 nitrogen and oxygen atoms in total. The van der Waals surface area contributed by atoms with Gasteiger partial charge in [0.2, 0.25) is 5.89 Å². The Bertz CT molecular complexity index is 885. The number of aromatic nitrogens is 1. The van der Waals surface area contributed by atoms with Crippen LogP contribution in [0.4, 0.5) is 5.69 Å². The van der Waals surface area contributed by atoms with E-state index in [1.807, 2.05) is 30.3 Å². The van der Waals surface area contributed by atoms with Gasteiger partial charge in [0.05, 0.1) is 0 Å². The molecule has 114 valence electrons. The van der Waals surface area contributed by atoms with Crippen molar-refractivity contribution in [1.82, 2.24) is 4.98 Å². The minimum atomic E-state index is 0.664. The average molecular weight is 302 g/mol. The number of hydrogen-bond donors (Lipinski definition) is 1. The van der Waals surface area contributed by atoms with E-state index in [-0.39, 0.29) is 0 Å². The summed E-state index contributed by atoms with van der Waals surface area (Å²) in [5.74, 6) is 0.664. The highest BCUT2D eigenvalue weighted by molar-refractivity contribution is 5.76. The third-order valence-electron chi connectivity index (χ3n) is 4.04. The smallest absolute Gasteiger partial charge is 0.227 e. The number of nitrogens with zero attached hydrogens (tertiary/aromatic N) is 1. The fourth-order valence-corrected chi connectivity index (χ4v) is 2.79. The van der Waals surface area contributed by atoms with Gasteiger partial charge in [-0.3, -0.25) is 0 Å². The number of para-hydroxylation sites is 2. The Morgan fingerprint density at radius 2 is 2.00 bits per heavy atom. The van der Waals surface area contributed by atoms with Crippen LogP contribution in [0.5, 0.6) is 0 Å². The molecule has 3 aromatic rings. The average Bonchev–Trinajstić information content (AvgIpc) is 3.02. The molecule has 1 aliphatic carbocycles. The number of aryl methyl sites for hydroxylation is 1. The van der Waals surface area contributed by atoms with E-state index >= 15 is 0 Å². The number of oxazole rings is 1. The van der Waals surface area contributed by atoms with Crippen LogP contribution in [-0.4, -0.2) is 4.98 Å². The number of anilines is 1. The minimum Gasteiger partial charge on any atom is -0.436 e. The highest BCUT2D eigenvalue weighted by atomic mass is 16.3. The molecule has 0 amide bonds. The lowest BCUT2D eigenvalue weighted by Crippen LogP contribution is -2.00. The molecule has 2 aromatic carbocycles. The lowest BCUT2D eigenvalue weighted by Gasteiger charge is -2.13. The fraction of sp³-hybridized carbons (Fsp3) is 0.150. The van der Waals surface area contributed by atoms with Crippen LogP contribution in [0.25, 0.3) is 22.6 Å². The molecule has 0 unspecified atom stereocenters. The van der Waals surface area contributed by atoms with Gasteiger partial charge >= 0.3 is 0 Å². The molecule has 0 fully saturated rings. The maximum absolute atomic E-state index is 5.84. The molecule has 23 heavy (non-hydrogen) atoms. The predicted octanol–water partition coefficient (Wildman–Crippen LogP) is 5.45. The molecule has 1 heterocycles. The van der Waals surface area contributed by atoms with Gasteiger partial charge in [0, 0.05) is 16.9 Å². The molecule has 0 radical (unpaired) electrons. The van der Waals surface area contributed by atoms with Crippen LogP contribution in [0, 0.1) is 6.92 Å². The molecule has 4 rings (SSSR count). The lowest BCUT2D eigenvalue weighted by atomic mass is 10.1. The van der Waals surface area contributed by atoms with Crippen molar-refractivity contribution in [1.29, 1.82) is 0 Å². The quantitative estimate of drug-likeness (QED) is 0.699. The largest absolute Gasteiger partial charge is 0.436 e. The topological polar surface area (TPSA) is 38.1 Å². The van der Waals surface area contributed by atoms with Gasteiger partial charge in [-0.25, -0.2) is 4.98 Å². The van der Waals surface area contributed by atoms with Crippen molar-refractivity contribution in [2.24, 2.45) is 0 Å². The Balaban J connectivity index is 1.64. The second-order valence-corrected chi connectivity index (χ2v) is 5.78. The molecule has 3 heteroatoms. The SMILES string of the molecule is Cc1cc(-c2nc3ccccc3o2)ccc1NC1=CCCC=C1. The Labute approximate surface area is 135 Å². The van der Waals surface area contributed by atoms with Crippen LogP contribution in [0.15, 0.2) is 70.8 Å². The van der Waals surface area contributed by atoms with Crippen molar-refractivity contribution in [2.75, 3.05) is 5.32 Å². The highest BCUT2D eigenvalue weighted by Crippen LogP contribution is 2.28. The predicted molar refractivity (Wildman–Crippen MR) is 94.3 cm³/mol. The van der Waals surface area contributed by atoms with Crippen molar-refractivity contribution in [3.63, 3.8) is 0 Å². The van der Waals surface area contributed by atoms with E-state index < -0.39 is 0 Å². The van der Waals surface area contributed by atoms with Crippen LogP contribution < -0.4 is 5.32 Å². The van der Waals surface area contributed by atoms with Gasteiger partial charge in [0.1, 0.15) is 5.52 Å². The number of benzene rings is 2. The first kappa shape index (κ1) is 13.8. The van der Waals surface area contributed by atoms with E-state index in [0.29, 0.717) is 5.89 Å². The van der Waals surface area contributed by atoms with E-state index in [1.54, 1.807) is 0 Å². The molecule has 0 spiro atoms. The van der Waals surface area contributed by atoms with Crippen LogP contribution in [0.2, 0.25) is 0 Å². The normalized spacial score (nSPS) is 14.0. The Kier molecular flexibility index (Phi) is 3.46. The van der Waals surface area contributed by atoms with Crippen LogP contribution in [0.1, 0.15) is 18.4 Å². The van der Waals surface area contributed by atoms with Gasteiger partial charge in [0.25, 0.3) is 0 Å². The molecule has 1 aromatic heterocycles. The summed E-state index contributed by atoms with van der Waals surface area (Å²) in [7, 11) is 0. The van der Waals surface area contributed by atoms with Crippen molar-refractivity contribution in [3.05, 3.63) is 72.0 Å². The second-order valence-electron chi connectivity index (χ2n) is 5.78. The molecular weight excluding hydrogens is 284 g/mol. The maximum atomic E-state index is 5.84. The molecule has 0 saturated carbocycles.